The Morgan fingerprint density at radius 2 is 1.62 bits per heavy atom. The van der Waals surface area contributed by atoms with Gasteiger partial charge in [-0.15, -0.1) is 0 Å². The second kappa shape index (κ2) is 7.50. The van der Waals surface area contributed by atoms with E-state index in [0.717, 1.165) is 5.75 Å². The zero-order valence-electron chi connectivity index (χ0n) is 11.7. The molecule has 0 saturated heterocycles. The molecule has 0 fully saturated rings. The number of methoxy groups -OCH3 is 1. The quantitative estimate of drug-likeness (QED) is 0.797. The van der Waals surface area contributed by atoms with Gasteiger partial charge in [0.2, 0.25) is 0 Å². The predicted molar refractivity (Wildman–Crippen MR) is 76.3 cm³/mol. The first kappa shape index (κ1) is 15.1. The van der Waals surface area contributed by atoms with Crippen molar-refractivity contribution in [2.75, 3.05) is 20.3 Å². The maximum Gasteiger partial charge on any atom is 0.125 e. The smallest absolute Gasteiger partial charge is 0.125 e. The van der Waals surface area contributed by atoms with Crippen molar-refractivity contribution in [3.05, 3.63) is 53.8 Å². The molecule has 0 aliphatic heterocycles. The molecule has 2 aromatic rings. The molecule has 112 valence electrons. The van der Waals surface area contributed by atoms with Crippen LogP contribution in [0, 0.1) is 5.82 Å². The molecule has 21 heavy (non-hydrogen) atoms. The van der Waals surface area contributed by atoms with Gasteiger partial charge in [0.25, 0.3) is 0 Å². The summed E-state index contributed by atoms with van der Waals surface area (Å²) in [4.78, 5) is 0. The SMILES string of the molecule is COc1ccc(OCCOc2ccc(F)cc2CO)cc1. The maximum atomic E-state index is 13.0. The average Bonchev–Trinajstić information content (AvgIpc) is 2.53. The Labute approximate surface area is 122 Å². The normalized spacial score (nSPS) is 10.2. The Morgan fingerprint density at radius 1 is 0.952 bits per heavy atom. The summed E-state index contributed by atoms with van der Waals surface area (Å²) >= 11 is 0. The number of benzene rings is 2. The number of hydrogen-bond donors (Lipinski definition) is 1. The molecule has 0 bridgehead atoms. The fourth-order valence-corrected chi connectivity index (χ4v) is 1.80. The molecule has 4 nitrogen and oxygen atoms in total. The van der Waals surface area contributed by atoms with Gasteiger partial charge in [-0.1, -0.05) is 0 Å². The van der Waals surface area contributed by atoms with Crippen molar-refractivity contribution in [2.24, 2.45) is 0 Å². The molecule has 0 aliphatic rings. The Hall–Kier alpha value is -2.27. The average molecular weight is 292 g/mol. The molecule has 0 unspecified atom stereocenters. The van der Waals surface area contributed by atoms with Crippen LogP contribution in [0.2, 0.25) is 0 Å². The van der Waals surface area contributed by atoms with E-state index in [9.17, 15) is 4.39 Å². The van der Waals surface area contributed by atoms with E-state index < -0.39 is 5.82 Å². The molecule has 0 aromatic heterocycles. The molecule has 0 spiro atoms. The molecular weight excluding hydrogens is 275 g/mol. The van der Waals surface area contributed by atoms with Crippen LogP contribution in [0.25, 0.3) is 0 Å². The summed E-state index contributed by atoms with van der Waals surface area (Å²) in [7, 11) is 1.60. The second-order valence-corrected chi connectivity index (χ2v) is 4.28. The summed E-state index contributed by atoms with van der Waals surface area (Å²) in [5.41, 5.74) is 0.416. The summed E-state index contributed by atoms with van der Waals surface area (Å²) in [5, 5.41) is 9.14. The third kappa shape index (κ3) is 4.36. The number of rotatable bonds is 7. The van der Waals surface area contributed by atoms with Gasteiger partial charge in [-0.25, -0.2) is 4.39 Å². The third-order valence-electron chi connectivity index (χ3n) is 2.86. The molecule has 0 atom stereocenters. The van der Waals surface area contributed by atoms with Crippen LogP contribution in [0.3, 0.4) is 0 Å². The summed E-state index contributed by atoms with van der Waals surface area (Å²) in [6.07, 6.45) is 0. The van der Waals surface area contributed by atoms with Gasteiger partial charge in [-0.2, -0.15) is 0 Å². The van der Waals surface area contributed by atoms with Gasteiger partial charge in [0.1, 0.15) is 36.3 Å². The number of aliphatic hydroxyl groups excluding tert-OH is 1. The second-order valence-electron chi connectivity index (χ2n) is 4.28. The van der Waals surface area contributed by atoms with Crippen LogP contribution >= 0.6 is 0 Å². The van der Waals surface area contributed by atoms with E-state index in [0.29, 0.717) is 30.3 Å². The van der Waals surface area contributed by atoms with E-state index in [-0.39, 0.29) is 6.61 Å². The van der Waals surface area contributed by atoms with Gasteiger partial charge in [-0.05, 0) is 42.5 Å². The van der Waals surface area contributed by atoms with E-state index in [4.69, 9.17) is 19.3 Å². The molecule has 0 amide bonds. The van der Waals surface area contributed by atoms with Gasteiger partial charge in [0.15, 0.2) is 0 Å². The van der Waals surface area contributed by atoms with Gasteiger partial charge in [0, 0.05) is 5.56 Å². The molecule has 2 rings (SSSR count). The van der Waals surface area contributed by atoms with Crippen LogP contribution in [0.4, 0.5) is 4.39 Å². The Kier molecular flexibility index (Phi) is 5.40. The number of halogens is 1. The first-order chi connectivity index (χ1) is 10.2. The highest BCUT2D eigenvalue weighted by molar-refractivity contribution is 5.33. The van der Waals surface area contributed by atoms with Crippen molar-refractivity contribution in [3.8, 4) is 17.2 Å². The molecular formula is C16H17FO4. The molecule has 1 N–H and O–H groups in total. The largest absolute Gasteiger partial charge is 0.497 e. The summed E-state index contributed by atoms with van der Waals surface area (Å²) in [6.45, 7) is 0.367. The predicted octanol–water partition coefficient (Wildman–Crippen LogP) is 2.78. The molecule has 5 heteroatoms. The topological polar surface area (TPSA) is 47.9 Å². The standard InChI is InChI=1S/C16H17FO4/c1-19-14-3-5-15(6-4-14)20-8-9-21-16-7-2-13(17)10-12(16)11-18/h2-7,10,18H,8-9,11H2,1H3. The van der Waals surface area contributed by atoms with Crippen LogP contribution in [-0.4, -0.2) is 25.4 Å². The van der Waals surface area contributed by atoms with Crippen molar-refractivity contribution in [1.82, 2.24) is 0 Å². The van der Waals surface area contributed by atoms with Crippen LogP contribution in [0.1, 0.15) is 5.56 Å². The van der Waals surface area contributed by atoms with Crippen molar-refractivity contribution in [3.63, 3.8) is 0 Å². The molecule has 0 radical (unpaired) electrons. The van der Waals surface area contributed by atoms with Crippen LogP contribution in [-0.2, 0) is 6.61 Å². The highest BCUT2D eigenvalue weighted by atomic mass is 19.1. The van der Waals surface area contributed by atoms with Crippen molar-refractivity contribution in [2.45, 2.75) is 6.61 Å². The van der Waals surface area contributed by atoms with Gasteiger partial charge in [-0.3, -0.25) is 0 Å². The number of aliphatic hydroxyl groups is 1. The highest BCUT2D eigenvalue weighted by Gasteiger charge is 2.04. The lowest BCUT2D eigenvalue weighted by Crippen LogP contribution is -2.10. The summed E-state index contributed by atoms with van der Waals surface area (Å²) in [5.74, 6) is 1.52. The van der Waals surface area contributed by atoms with E-state index >= 15 is 0 Å². The van der Waals surface area contributed by atoms with Crippen LogP contribution in [0.5, 0.6) is 17.2 Å². The van der Waals surface area contributed by atoms with Crippen molar-refractivity contribution in [1.29, 1.82) is 0 Å². The molecule has 0 aliphatic carbocycles. The van der Waals surface area contributed by atoms with Crippen LogP contribution in [0.15, 0.2) is 42.5 Å². The van der Waals surface area contributed by atoms with Crippen LogP contribution < -0.4 is 14.2 Å². The zero-order chi connectivity index (χ0) is 15.1. The molecule has 2 aromatic carbocycles. The number of ether oxygens (including phenoxy) is 3. The number of hydrogen-bond acceptors (Lipinski definition) is 4. The molecule has 0 heterocycles. The lowest BCUT2D eigenvalue weighted by atomic mass is 10.2. The molecule has 0 saturated carbocycles. The third-order valence-corrected chi connectivity index (χ3v) is 2.86. The first-order valence-corrected chi connectivity index (χ1v) is 6.52. The summed E-state index contributed by atoms with van der Waals surface area (Å²) < 4.78 is 29.0. The minimum Gasteiger partial charge on any atom is -0.497 e. The fourth-order valence-electron chi connectivity index (χ4n) is 1.80. The van der Waals surface area contributed by atoms with Gasteiger partial charge in [0.05, 0.1) is 13.7 Å². The lowest BCUT2D eigenvalue weighted by molar-refractivity contribution is 0.209. The maximum absolute atomic E-state index is 13.0. The van der Waals surface area contributed by atoms with E-state index in [1.807, 2.05) is 0 Å². The Morgan fingerprint density at radius 3 is 2.29 bits per heavy atom. The van der Waals surface area contributed by atoms with E-state index in [2.05, 4.69) is 0 Å². The highest BCUT2D eigenvalue weighted by Crippen LogP contribution is 2.20. The zero-order valence-corrected chi connectivity index (χ0v) is 11.7. The minimum atomic E-state index is -0.402. The van der Waals surface area contributed by atoms with Crippen molar-refractivity contribution >= 4 is 0 Å². The Bertz CT molecular complexity index is 569. The lowest BCUT2D eigenvalue weighted by Gasteiger charge is -2.11. The van der Waals surface area contributed by atoms with E-state index in [1.165, 1.54) is 18.2 Å². The monoisotopic (exact) mass is 292 g/mol. The fraction of sp³-hybridized carbons (Fsp3) is 0.250. The van der Waals surface area contributed by atoms with Gasteiger partial charge < -0.3 is 19.3 Å². The van der Waals surface area contributed by atoms with E-state index in [1.54, 1.807) is 31.4 Å². The van der Waals surface area contributed by atoms with Gasteiger partial charge >= 0.3 is 0 Å². The van der Waals surface area contributed by atoms with Crippen molar-refractivity contribution < 1.29 is 23.7 Å². The summed E-state index contributed by atoms with van der Waals surface area (Å²) in [6, 6.07) is 11.2. The first-order valence-electron chi connectivity index (χ1n) is 6.52. The Balaban J connectivity index is 1.81. The minimum absolute atomic E-state index is 0.271.